The molecule has 0 saturated heterocycles. The molecular weight excluding hydrogens is 398 g/mol. The van der Waals surface area contributed by atoms with Crippen molar-refractivity contribution in [2.45, 2.75) is 19.9 Å². The smallest absolute Gasteiger partial charge is 0.336 e. The summed E-state index contributed by atoms with van der Waals surface area (Å²) in [4.78, 5) is 36.5. The average molecular weight is 416 g/mol. The molecule has 0 aromatic heterocycles. The molecule has 2 aromatic rings. The van der Waals surface area contributed by atoms with Crippen molar-refractivity contribution < 1.29 is 24.2 Å². The van der Waals surface area contributed by atoms with Gasteiger partial charge in [-0.1, -0.05) is 12.1 Å². The molecule has 2 aromatic carbocycles. The Morgan fingerprint density at radius 3 is 2.48 bits per heavy atom. The number of carboxylic acid groups (broad SMARTS) is 1. The van der Waals surface area contributed by atoms with E-state index in [2.05, 4.69) is 5.32 Å². The Kier molecular flexibility index (Phi) is 4.94. The van der Waals surface area contributed by atoms with Gasteiger partial charge in [-0.2, -0.15) is 0 Å². The number of benzene rings is 3. The normalized spacial score (nSPS) is 11.2. The lowest BCUT2D eigenvalue weighted by molar-refractivity contribution is -0.268. The molecule has 4 rings (SSSR count). The number of rotatable bonds is 4. The van der Waals surface area contributed by atoms with Crippen molar-refractivity contribution in [2.24, 2.45) is 0 Å². The van der Waals surface area contributed by atoms with Gasteiger partial charge in [0.2, 0.25) is 0 Å². The van der Waals surface area contributed by atoms with Gasteiger partial charge in [0, 0.05) is 34.2 Å². The highest BCUT2D eigenvalue weighted by Crippen LogP contribution is 2.42. The van der Waals surface area contributed by atoms with Gasteiger partial charge in [0.25, 0.3) is 5.91 Å². The fourth-order valence-electron chi connectivity index (χ4n) is 3.57. The third-order valence-corrected chi connectivity index (χ3v) is 4.87. The lowest BCUT2D eigenvalue weighted by atomic mass is 9.89. The van der Waals surface area contributed by atoms with Crippen LogP contribution in [0.5, 0.6) is 5.75 Å². The van der Waals surface area contributed by atoms with Gasteiger partial charge in [-0.05, 0) is 55.8 Å². The third kappa shape index (κ3) is 3.73. The summed E-state index contributed by atoms with van der Waals surface area (Å²) in [5.41, 5.74) is 1.44. The fourth-order valence-corrected chi connectivity index (χ4v) is 3.57. The quantitative estimate of drug-likeness (QED) is 0.492. The molecule has 7 nitrogen and oxygen atoms in total. The Hall–Kier alpha value is -4.13. The SMILES string of the molecule is CC(C)NC(=O)c1ccc(C(=O)O)c(-c2c3ccc(=O)cc-3oc3cc([O-])ccc23)c1. The first-order chi connectivity index (χ1) is 14.7. The number of fused-ring (bicyclic) bond motifs is 2. The van der Waals surface area contributed by atoms with Crippen LogP contribution in [-0.2, 0) is 0 Å². The Morgan fingerprint density at radius 1 is 1.00 bits per heavy atom. The first kappa shape index (κ1) is 20.2. The summed E-state index contributed by atoms with van der Waals surface area (Å²) in [6.45, 7) is 3.65. The number of carbonyl (C=O) groups is 2. The molecule has 0 atom stereocenters. The fraction of sp³-hybridized carbons (Fsp3) is 0.125. The predicted molar refractivity (Wildman–Crippen MR) is 114 cm³/mol. The topological polar surface area (TPSA) is 120 Å². The van der Waals surface area contributed by atoms with Crippen molar-refractivity contribution in [1.82, 2.24) is 5.32 Å². The van der Waals surface area contributed by atoms with E-state index >= 15 is 0 Å². The van der Waals surface area contributed by atoms with Crippen LogP contribution in [-0.4, -0.2) is 23.0 Å². The zero-order chi connectivity index (χ0) is 22.3. The third-order valence-electron chi connectivity index (χ3n) is 4.87. The van der Waals surface area contributed by atoms with Crippen molar-refractivity contribution in [3.8, 4) is 28.2 Å². The van der Waals surface area contributed by atoms with Crippen molar-refractivity contribution >= 4 is 22.8 Å². The monoisotopic (exact) mass is 416 g/mol. The van der Waals surface area contributed by atoms with Crippen LogP contribution >= 0.6 is 0 Å². The standard InChI is InChI=1S/C24H19NO6/c1-12(2)25-23(28)13-3-6-16(24(29)30)19(9-13)22-17-7-4-14(26)10-20(17)31-21-11-15(27)5-8-18(21)22/h3-12,26H,1-2H3,(H,25,28)(H,29,30)/p-1. The molecule has 7 heteroatoms. The van der Waals surface area contributed by atoms with E-state index in [1.54, 1.807) is 12.1 Å². The van der Waals surface area contributed by atoms with E-state index in [1.165, 1.54) is 42.5 Å². The van der Waals surface area contributed by atoms with Gasteiger partial charge in [-0.25, -0.2) is 4.79 Å². The molecule has 2 aliphatic rings. The van der Waals surface area contributed by atoms with Gasteiger partial charge in [-0.3, -0.25) is 9.59 Å². The minimum Gasteiger partial charge on any atom is -0.872 e. The lowest BCUT2D eigenvalue weighted by Gasteiger charge is -2.18. The van der Waals surface area contributed by atoms with Crippen molar-refractivity contribution in [1.29, 1.82) is 0 Å². The van der Waals surface area contributed by atoms with Gasteiger partial charge in [0.15, 0.2) is 5.43 Å². The molecule has 0 bridgehead atoms. The lowest BCUT2D eigenvalue weighted by Crippen LogP contribution is -2.30. The molecule has 2 N–H and O–H groups in total. The maximum Gasteiger partial charge on any atom is 0.336 e. The number of carboxylic acids is 1. The maximum atomic E-state index is 12.6. The van der Waals surface area contributed by atoms with E-state index in [4.69, 9.17) is 4.42 Å². The highest BCUT2D eigenvalue weighted by molar-refractivity contribution is 6.09. The molecule has 156 valence electrons. The number of carbonyl (C=O) groups excluding carboxylic acids is 1. The van der Waals surface area contributed by atoms with Crippen LogP contribution in [0.2, 0.25) is 0 Å². The first-order valence-electron chi connectivity index (χ1n) is 9.61. The summed E-state index contributed by atoms with van der Waals surface area (Å²) >= 11 is 0. The van der Waals surface area contributed by atoms with E-state index in [1.807, 2.05) is 13.8 Å². The molecule has 1 amide bonds. The number of hydrogen-bond acceptors (Lipinski definition) is 5. The molecule has 1 aliphatic heterocycles. The molecule has 0 saturated carbocycles. The minimum atomic E-state index is -1.17. The summed E-state index contributed by atoms with van der Waals surface area (Å²) in [5.74, 6) is -1.59. The molecule has 0 spiro atoms. The average Bonchev–Trinajstić information content (AvgIpc) is 2.70. The first-order valence-corrected chi connectivity index (χ1v) is 9.61. The summed E-state index contributed by atoms with van der Waals surface area (Å²) in [7, 11) is 0. The predicted octanol–water partition coefficient (Wildman–Crippen LogP) is 3.47. The summed E-state index contributed by atoms with van der Waals surface area (Å²) in [5, 5.41) is 25.0. The second-order valence-electron chi connectivity index (χ2n) is 7.49. The molecule has 31 heavy (non-hydrogen) atoms. The van der Waals surface area contributed by atoms with Crippen LogP contribution in [0.15, 0.2) is 63.8 Å². The van der Waals surface area contributed by atoms with Crippen LogP contribution in [0, 0.1) is 0 Å². The molecule has 0 radical (unpaired) electrons. The van der Waals surface area contributed by atoms with Crippen LogP contribution in [0.3, 0.4) is 0 Å². The number of hydrogen-bond donors (Lipinski definition) is 2. The molecule has 1 heterocycles. The van der Waals surface area contributed by atoms with Gasteiger partial charge in [0.1, 0.15) is 11.3 Å². The van der Waals surface area contributed by atoms with E-state index in [-0.39, 0.29) is 51.2 Å². The zero-order valence-electron chi connectivity index (χ0n) is 16.8. The van der Waals surface area contributed by atoms with Crippen molar-refractivity contribution in [3.63, 3.8) is 0 Å². The highest BCUT2D eigenvalue weighted by Gasteiger charge is 2.23. The molecule has 1 aliphatic carbocycles. The Morgan fingerprint density at radius 2 is 1.77 bits per heavy atom. The van der Waals surface area contributed by atoms with Crippen LogP contribution in [0.4, 0.5) is 0 Å². The minimum absolute atomic E-state index is 0.0210. The molecular formula is C24H18NO6-. The Balaban J connectivity index is 2.10. The van der Waals surface area contributed by atoms with Gasteiger partial charge >= 0.3 is 5.97 Å². The zero-order valence-corrected chi connectivity index (χ0v) is 16.8. The van der Waals surface area contributed by atoms with Gasteiger partial charge in [0.05, 0.1) is 5.56 Å². The Bertz CT molecular complexity index is 1370. The van der Waals surface area contributed by atoms with E-state index in [0.717, 1.165) is 0 Å². The largest absolute Gasteiger partial charge is 0.872 e. The molecule has 0 fully saturated rings. The summed E-state index contributed by atoms with van der Waals surface area (Å²) in [6.07, 6.45) is 0. The number of amides is 1. The number of nitrogens with one attached hydrogen (secondary N) is 1. The van der Waals surface area contributed by atoms with Crippen LogP contribution in [0.1, 0.15) is 34.6 Å². The van der Waals surface area contributed by atoms with Crippen LogP contribution in [0.25, 0.3) is 33.4 Å². The highest BCUT2D eigenvalue weighted by atomic mass is 16.4. The second-order valence-corrected chi connectivity index (χ2v) is 7.49. The number of aromatic carboxylic acids is 1. The molecule has 0 unspecified atom stereocenters. The van der Waals surface area contributed by atoms with E-state index < -0.39 is 5.97 Å². The Labute approximate surface area is 176 Å². The van der Waals surface area contributed by atoms with E-state index in [0.29, 0.717) is 16.5 Å². The van der Waals surface area contributed by atoms with Crippen LogP contribution < -0.4 is 15.9 Å². The summed E-state index contributed by atoms with van der Waals surface area (Å²) in [6, 6.07) is 12.6. The summed E-state index contributed by atoms with van der Waals surface area (Å²) < 4.78 is 5.77. The van der Waals surface area contributed by atoms with Gasteiger partial charge in [-0.15, -0.1) is 5.75 Å². The second kappa shape index (κ2) is 7.60. The maximum absolute atomic E-state index is 12.6. The van der Waals surface area contributed by atoms with Gasteiger partial charge < -0.3 is 19.9 Å². The van der Waals surface area contributed by atoms with Crippen molar-refractivity contribution in [3.05, 3.63) is 75.9 Å². The van der Waals surface area contributed by atoms with E-state index in [9.17, 15) is 24.6 Å². The van der Waals surface area contributed by atoms with Crippen molar-refractivity contribution in [2.75, 3.05) is 0 Å².